The molecule has 3 heterocycles. The van der Waals surface area contributed by atoms with E-state index in [1.54, 1.807) is 16.0 Å². The molecule has 5 rings (SSSR count). The molecule has 156 valence electrons. The fourth-order valence-corrected chi connectivity index (χ4v) is 3.76. The van der Waals surface area contributed by atoms with E-state index in [-0.39, 0.29) is 0 Å². The van der Waals surface area contributed by atoms with E-state index in [9.17, 15) is 9.59 Å². The van der Waals surface area contributed by atoms with Crippen molar-refractivity contribution in [3.05, 3.63) is 81.0 Å². The Hall–Kier alpha value is -4.14. The van der Waals surface area contributed by atoms with Gasteiger partial charge in [-0.25, -0.2) is 9.20 Å². The number of rotatable bonds is 5. The zero-order valence-electron chi connectivity index (χ0n) is 17.1. The summed E-state index contributed by atoms with van der Waals surface area (Å²) in [5.74, 6) is 1.88. The van der Waals surface area contributed by atoms with Gasteiger partial charge in [0.1, 0.15) is 12.4 Å². The smallest absolute Gasteiger partial charge is 0.329 e. The van der Waals surface area contributed by atoms with Gasteiger partial charge in [0.2, 0.25) is 5.78 Å². The van der Waals surface area contributed by atoms with Crippen molar-refractivity contribution >= 4 is 16.9 Å². The Labute approximate surface area is 176 Å². The molecule has 0 saturated heterocycles. The molecule has 0 aliphatic rings. The van der Waals surface area contributed by atoms with Crippen LogP contribution in [0.15, 0.2) is 64.2 Å². The van der Waals surface area contributed by atoms with Crippen LogP contribution in [-0.2, 0) is 20.2 Å². The number of H-pyrrole nitrogens is 1. The van der Waals surface area contributed by atoms with Crippen LogP contribution in [0.25, 0.3) is 28.3 Å². The minimum absolute atomic E-state index is 0.392. The first-order valence-corrected chi connectivity index (χ1v) is 9.92. The number of ether oxygens (including phenoxy) is 1. The molecule has 1 N–H and O–H groups in total. The molecule has 0 aliphatic carbocycles. The molecule has 0 bridgehead atoms. The lowest BCUT2D eigenvalue weighted by molar-refractivity contribution is 0.306. The van der Waals surface area contributed by atoms with Crippen molar-refractivity contribution < 1.29 is 4.74 Å². The predicted octanol–water partition coefficient (Wildman–Crippen LogP) is 2.34. The number of nitrogens with zero attached hydrogens (tertiary/aromatic N) is 5. The molecule has 9 nitrogen and oxygen atoms in total. The van der Waals surface area contributed by atoms with Crippen molar-refractivity contribution in [1.29, 1.82) is 0 Å². The summed E-state index contributed by atoms with van der Waals surface area (Å²) < 4.78 is 10.7. The fourth-order valence-electron chi connectivity index (χ4n) is 3.76. The van der Waals surface area contributed by atoms with Gasteiger partial charge in [-0.2, -0.15) is 0 Å². The Morgan fingerprint density at radius 2 is 1.74 bits per heavy atom. The highest BCUT2D eigenvalue weighted by Crippen LogP contribution is 2.24. The van der Waals surface area contributed by atoms with Crippen molar-refractivity contribution in [2.24, 2.45) is 7.05 Å². The van der Waals surface area contributed by atoms with E-state index in [1.807, 2.05) is 61.5 Å². The third-order valence-electron chi connectivity index (χ3n) is 5.32. The van der Waals surface area contributed by atoms with Gasteiger partial charge in [0.25, 0.3) is 5.56 Å². The highest BCUT2D eigenvalue weighted by atomic mass is 16.5. The van der Waals surface area contributed by atoms with Crippen LogP contribution in [0, 0.1) is 0 Å². The van der Waals surface area contributed by atoms with Gasteiger partial charge in [-0.1, -0.05) is 42.5 Å². The van der Waals surface area contributed by atoms with Crippen molar-refractivity contribution in [2.75, 3.05) is 0 Å². The fraction of sp³-hybridized carbons (Fsp3) is 0.182. The molecule has 2 aromatic carbocycles. The Morgan fingerprint density at radius 3 is 2.45 bits per heavy atom. The summed E-state index contributed by atoms with van der Waals surface area (Å²) in [5.41, 5.74) is 1.75. The van der Waals surface area contributed by atoms with Crippen LogP contribution in [0.3, 0.4) is 0 Å². The van der Waals surface area contributed by atoms with Crippen LogP contribution in [0.1, 0.15) is 12.5 Å². The summed E-state index contributed by atoms with van der Waals surface area (Å²) in [5, 5.41) is 8.64. The minimum atomic E-state index is -0.485. The van der Waals surface area contributed by atoms with Crippen molar-refractivity contribution in [3.8, 4) is 17.1 Å². The SMILES string of the molecule is CCn1c2c(=O)[nH]c(=O)n(C)c2n2c(-c3ccc(COc4ccccc4)cc3)nnc12. The van der Waals surface area contributed by atoms with Gasteiger partial charge in [-0.3, -0.25) is 14.3 Å². The van der Waals surface area contributed by atoms with Crippen LogP contribution in [0.2, 0.25) is 0 Å². The summed E-state index contributed by atoms with van der Waals surface area (Å²) in [6.07, 6.45) is 0. The normalized spacial score (nSPS) is 11.4. The summed E-state index contributed by atoms with van der Waals surface area (Å²) in [6, 6.07) is 17.4. The largest absolute Gasteiger partial charge is 0.489 e. The van der Waals surface area contributed by atoms with Gasteiger partial charge in [-0.05, 0) is 24.6 Å². The summed E-state index contributed by atoms with van der Waals surface area (Å²) in [6.45, 7) is 2.88. The minimum Gasteiger partial charge on any atom is -0.489 e. The molecule has 0 amide bonds. The molecule has 9 heteroatoms. The molecule has 0 atom stereocenters. The lowest BCUT2D eigenvalue weighted by Gasteiger charge is -2.07. The number of aromatic nitrogens is 6. The number of para-hydroxylation sites is 1. The number of hydrogen-bond donors (Lipinski definition) is 1. The lowest BCUT2D eigenvalue weighted by atomic mass is 10.1. The summed E-state index contributed by atoms with van der Waals surface area (Å²) in [7, 11) is 1.62. The van der Waals surface area contributed by atoms with Crippen molar-refractivity contribution in [2.45, 2.75) is 20.1 Å². The van der Waals surface area contributed by atoms with Gasteiger partial charge >= 0.3 is 5.69 Å². The van der Waals surface area contributed by atoms with E-state index in [0.717, 1.165) is 16.9 Å². The monoisotopic (exact) mass is 416 g/mol. The average molecular weight is 416 g/mol. The standard InChI is InChI=1S/C22H20N6O3/c1-3-27-17-19(29)23-22(30)26(2)20(17)28-18(24-25-21(27)28)15-11-9-14(10-12-15)13-31-16-7-5-4-6-8-16/h4-12H,3,13H2,1-2H3,(H,23,29,30). The molecular formula is C22H20N6O3. The second kappa shape index (κ2) is 7.28. The highest BCUT2D eigenvalue weighted by molar-refractivity contribution is 5.79. The Morgan fingerprint density at radius 1 is 1.00 bits per heavy atom. The van der Waals surface area contributed by atoms with E-state index in [0.29, 0.717) is 35.9 Å². The maximum Gasteiger partial charge on any atom is 0.329 e. The van der Waals surface area contributed by atoms with Crippen LogP contribution in [0.4, 0.5) is 0 Å². The first-order chi connectivity index (χ1) is 15.1. The third-order valence-corrected chi connectivity index (χ3v) is 5.32. The number of hydrogen-bond acceptors (Lipinski definition) is 5. The third kappa shape index (κ3) is 3.02. The summed E-state index contributed by atoms with van der Waals surface area (Å²) in [4.78, 5) is 27.1. The number of aromatic amines is 1. The van der Waals surface area contributed by atoms with E-state index < -0.39 is 11.2 Å². The first-order valence-electron chi connectivity index (χ1n) is 9.92. The molecule has 0 radical (unpaired) electrons. The van der Waals surface area contributed by atoms with E-state index in [1.165, 1.54) is 4.57 Å². The average Bonchev–Trinajstić information content (AvgIpc) is 3.35. The number of nitrogens with one attached hydrogen (secondary N) is 1. The van der Waals surface area contributed by atoms with Crippen LogP contribution in [0.5, 0.6) is 5.75 Å². The van der Waals surface area contributed by atoms with Gasteiger partial charge in [0, 0.05) is 19.2 Å². The Bertz CT molecular complexity index is 1510. The second-order valence-electron chi connectivity index (χ2n) is 7.19. The van der Waals surface area contributed by atoms with Gasteiger partial charge in [0.05, 0.1) is 0 Å². The van der Waals surface area contributed by atoms with Crippen LogP contribution >= 0.6 is 0 Å². The highest BCUT2D eigenvalue weighted by Gasteiger charge is 2.22. The molecule has 0 unspecified atom stereocenters. The van der Waals surface area contributed by atoms with Crippen LogP contribution < -0.4 is 16.0 Å². The zero-order valence-corrected chi connectivity index (χ0v) is 17.1. The molecule has 0 spiro atoms. The molecule has 31 heavy (non-hydrogen) atoms. The number of fused-ring (bicyclic) bond motifs is 3. The second-order valence-corrected chi connectivity index (χ2v) is 7.19. The van der Waals surface area contributed by atoms with Gasteiger partial charge < -0.3 is 9.30 Å². The zero-order chi connectivity index (χ0) is 21.5. The molecular weight excluding hydrogens is 396 g/mol. The molecule has 3 aromatic heterocycles. The Balaban J connectivity index is 1.59. The maximum atomic E-state index is 12.5. The number of benzene rings is 2. The van der Waals surface area contributed by atoms with Gasteiger partial charge in [0.15, 0.2) is 17.0 Å². The van der Waals surface area contributed by atoms with E-state index >= 15 is 0 Å². The first kappa shape index (κ1) is 18.9. The van der Waals surface area contributed by atoms with Crippen molar-refractivity contribution in [1.82, 2.24) is 28.7 Å². The molecule has 0 aliphatic heterocycles. The maximum absolute atomic E-state index is 12.5. The van der Waals surface area contributed by atoms with Gasteiger partial charge in [-0.15, -0.1) is 10.2 Å². The lowest BCUT2D eigenvalue weighted by Crippen LogP contribution is -2.29. The van der Waals surface area contributed by atoms with Crippen LogP contribution in [-0.4, -0.2) is 28.7 Å². The topological polar surface area (TPSA) is 99.2 Å². The molecule has 0 fully saturated rings. The number of imidazole rings is 1. The van der Waals surface area contributed by atoms with Crippen molar-refractivity contribution in [3.63, 3.8) is 0 Å². The number of aryl methyl sites for hydroxylation is 2. The molecule has 0 saturated carbocycles. The predicted molar refractivity (Wildman–Crippen MR) is 116 cm³/mol. The van der Waals surface area contributed by atoms with E-state index in [2.05, 4.69) is 15.2 Å². The van der Waals surface area contributed by atoms with E-state index in [4.69, 9.17) is 4.74 Å². The summed E-state index contributed by atoms with van der Waals surface area (Å²) >= 11 is 0. The Kier molecular flexibility index (Phi) is 4.43. The molecule has 5 aromatic rings. The quantitative estimate of drug-likeness (QED) is 0.474.